The Morgan fingerprint density at radius 3 is 2.56 bits per heavy atom. The van der Waals surface area contributed by atoms with Crippen molar-refractivity contribution in [2.45, 2.75) is 39.7 Å². The molecule has 5 heteroatoms. The quantitative estimate of drug-likeness (QED) is 0.780. The van der Waals surface area contributed by atoms with Crippen molar-refractivity contribution in [1.82, 2.24) is 14.6 Å². The fourth-order valence-corrected chi connectivity index (χ4v) is 3.79. The summed E-state index contributed by atoms with van der Waals surface area (Å²) in [5, 5.41) is 14.9. The highest BCUT2D eigenvalue weighted by atomic mass is 16.3. The van der Waals surface area contributed by atoms with Crippen molar-refractivity contribution in [3.05, 3.63) is 47.3 Å². The first-order chi connectivity index (χ1) is 12.1. The maximum atomic E-state index is 10.1. The van der Waals surface area contributed by atoms with E-state index >= 15 is 0 Å². The van der Waals surface area contributed by atoms with Gasteiger partial charge in [-0.25, -0.2) is 4.98 Å². The van der Waals surface area contributed by atoms with Crippen molar-refractivity contribution in [2.75, 3.05) is 18.0 Å². The van der Waals surface area contributed by atoms with E-state index in [1.165, 1.54) is 0 Å². The van der Waals surface area contributed by atoms with E-state index in [-0.39, 0.29) is 6.10 Å². The van der Waals surface area contributed by atoms with E-state index in [0.29, 0.717) is 6.54 Å². The van der Waals surface area contributed by atoms with Crippen LogP contribution < -0.4 is 4.90 Å². The fourth-order valence-electron chi connectivity index (χ4n) is 3.79. The van der Waals surface area contributed by atoms with Gasteiger partial charge in [0.15, 0.2) is 5.65 Å². The summed E-state index contributed by atoms with van der Waals surface area (Å²) in [5.74, 6) is 1.06. The molecule has 1 unspecified atom stereocenters. The molecule has 5 nitrogen and oxygen atoms in total. The number of aromatic nitrogens is 3. The van der Waals surface area contributed by atoms with Gasteiger partial charge in [0.05, 0.1) is 11.8 Å². The molecule has 1 N–H and O–H groups in total. The number of hydrogen-bond acceptors (Lipinski definition) is 4. The maximum absolute atomic E-state index is 10.1. The first-order valence-electron chi connectivity index (χ1n) is 8.91. The van der Waals surface area contributed by atoms with E-state index in [2.05, 4.69) is 30.9 Å². The van der Waals surface area contributed by atoms with Gasteiger partial charge >= 0.3 is 0 Å². The largest absolute Gasteiger partial charge is 0.391 e. The molecule has 1 aromatic carbocycles. The third-order valence-corrected chi connectivity index (χ3v) is 5.15. The second-order valence-corrected chi connectivity index (χ2v) is 6.95. The van der Waals surface area contributed by atoms with Crippen LogP contribution in [0.4, 0.5) is 5.82 Å². The molecule has 1 saturated heterocycles. The number of β-amino-alcohol motifs (C(OH)–C–C–N with tert-alkyl or cyclic N) is 1. The van der Waals surface area contributed by atoms with Gasteiger partial charge in [-0.05, 0) is 39.2 Å². The molecule has 0 saturated carbocycles. The van der Waals surface area contributed by atoms with Gasteiger partial charge in [0, 0.05) is 29.9 Å². The topological polar surface area (TPSA) is 53.7 Å². The van der Waals surface area contributed by atoms with Gasteiger partial charge in [-0.2, -0.15) is 9.61 Å². The van der Waals surface area contributed by atoms with E-state index in [4.69, 9.17) is 10.1 Å². The van der Waals surface area contributed by atoms with Crippen LogP contribution in [0.5, 0.6) is 0 Å². The number of benzene rings is 1. The molecule has 1 atom stereocenters. The molecule has 4 rings (SSSR count). The summed E-state index contributed by atoms with van der Waals surface area (Å²) in [6.07, 6.45) is 1.59. The minimum Gasteiger partial charge on any atom is -0.391 e. The lowest BCUT2D eigenvalue weighted by Gasteiger charge is -2.33. The van der Waals surface area contributed by atoms with Gasteiger partial charge in [-0.15, -0.1) is 0 Å². The molecular formula is C20H24N4O. The van der Waals surface area contributed by atoms with Gasteiger partial charge in [0.2, 0.25) is 0 Å². The van der Waals surface area contributed by atoms with Crippen LogP contribution in [0.2, 0.25) is 0 Å². The number of fused-ring (bicyclic) bond motifs is 1. The molecule has 1 aliphatic rings. The third kappa shape index (κ3) is 2.68. The number of anilines is 1. The number of hydrogen-bond donors (Lipinski definition) is 1. The molecule has 3 heterocycles. The second kappa shape index (κ2) is 6.15. The molecule has 3 aromatic rings. The summed E-state index contributed by atoms with van der Waals surface area (Å²) < 4.78 is 1.97. The molecule has 0 amide bonds. The molecule has 0 bridgehead atoms. The number of rotatable bonds is 2. The molecule has 0 radical (unpaired) electrons. The Bertz CT molecular complexity index is 917. The van der Waals surface area contributed by atoms with Gasteiger partial charge in [-0.3, -0.25) is 0 Å². The van der Waals surface area contributed by atoms with Gasteiger partial charge in [-0.1, -0.05) is 30.3 Å². The van der Waals surface area contributed by atoms with Crippen molar-refractivity contribution in [3.63, 3.8) is 0 Å². The Kier molecular flexibility index (Phi) is 3.96. The lowest BCUT2D eigenvalue weighted by atomic mass is 10.1. The first-order valence-corrected chi connectivity index (χ1v) is 8.91. The van der Waals surface area contributed by atoms with E-state index in [1.807, 2.05) is 29.6 Å². The van der Waals surface area contributed by atoms with Gasteiger partial charge < -0.3 is 10.0 Å². The number of aliphatic hydroxyl groups is 1. The summed E-state index contributed by atoms with van der Waals surface area (Å²) in [6, 6.07) is 10.3. The van der Waals surface area contributed by atoms with E-state index in [0.717, 1.165) is 58.9 Å². The average Bonchev–Trinajstić information content (AvgIpc) is 2.92. The van der Waals surface area contributed by atoms with Crippen molar-refractivity contribution < 1.29 is 5.11 Å². The molecule has 0 aliphatic carbocycles. The summed E-state index contributed by atoms with van der Waals surface area (Å²) in [7, 11) is 0. The van der Waals surface area contributed by atoms with E-state index < -0.39 is 0 Å². The second-order valence-electron chi connectivity index (χ2n) is 6.95. The number of aliphatic hydroxyl groups excluding tert-OH is 1. The molecule has 1 aliphatic heterocycles. The van der Waals surface area contributed by atoms with Crippen LogP contribution >= 0.6 is 0 Å². The number of piperidine rings is 1. The van der Waals surface area contributed by atoms with E-state index in [1.54, 1.807) is 0 Å². The lowest BCUT2D eigenvalue weighted by Crippen LogP contribution is -2.40. The Morgan fingerprint density at radius 2 is 1.84 bits per heavy atom. The van der Waals surface area contributed by atoms with Gasteiger partial charge in [0.1, 0.15) is 5.82 Å². The highest BCUT2D eigenvalue weighted by Crippen LogP contribution is 2.33. The molecular weight excluding hydrogens is 312 g/mol. The lowest BCUT2D eigenvalue weighted by molar-refractivity contribution is 0.153. The number of nitrogens with zero attached hydrogens (tertiary/aromatic N) is 4. The zero-order valence-corrected chi connectivity index (χ0v) is 15.0. The van der Waals surface area contributed by atoms with Crippen LogP contribution in [-0.2, 0) is 0 Å². The Balaban J connectivity index is 1.96. The maximum Gasteiger partial charge on any atom is 0.165 e. The summed E-state index contributed by atoms with van der Waals surface area (Å²) in [5.41, 5.74) is 6.23. The molecule has 0 spiro atoms. The SMILES string of the molecule is Cc1nc2c(-c3ccccc3)c(C)nn2c(N2CCCC(O)C2)c1C. The monoisotopic (exact) mass is 336 g/mol. The fraction of sp³-hybridized carbons (Fsp3) is 0.400. The van der Waals surface area contributed by atoms with Crippen molar-refractivity contribution >= 4 is 11.5 Å². The molecule has 25 heavy (non-hydrogen) atoms. The molecule has 1 fully saturated rings. The standard InChI is InChI=1S/C20H24N4O/c1-13-14(2)21-19-18(16-8-5-4-6-9-16)15(3)22-24(19)20(13)23-11-7-10-17(25)12-23/h4-6,8-9,17,25H,7,10-12H2,1-3H3. The van der Waals surface area contributed by atoms with Crippen LogP contribution in [0.1, 0.15) is 29.8 Å². The molecule has 2 aromatic heterocycles. The van der Waals surface area contributed by atoms with Crippen molar-refractivity contribution in [1.29, 1.82) is 0 Å². The van der Waals surface area contributed by atoms with Crippen LogP contribution in [0, 0.1) is 20.8 Å². The highest BCUT2D eigenvalue weighted by molar-refractivity contribution is 5.81. The predicted molar refractivity (Wildman–Crippen MR) is 100 cm³/mol. The van der Waals surface area contributed by atoms with E-state index in [9.17, 15) is 5.11 Å². The van der Waals surface area contributed by atoms with Crippen LogP contribution in [0.15, 0.2) is 30.3 Å². The summed E-state index contributed by atoms with van der Waals surface area (Å²) in [6.45, 7) is 7.78. The van der Waals surface area contributed by atoms with Crippen LogP contribution in [-0.4, -0.2) is 38.9 Å². The number of aryl methyl sites for hydroxylation is 2. The average molecular weight is 336 g/mol. The Hall–Kier alpha value is -2.40. The normalized spacial score (nSPS) is 18.1. The zero-order chi connectivity index (χ0) is 17.6. The zero-order valence-electron chi connectivity index (χ0n) is 15.0. The Labute approximate surface area is 147 Å². The van der Waals surface area contributed by atoms with Crippen LogP contribution in [0.25, 0.3) is 16.8 Å². The highest BCUT2D eigenvalue weighted by Gasteiger charge is 2.25. The summed E-state index contributed by atoms with van der Waals surface area (Å²) in [4.78, 5) is 7.11. The minimum atomic E-state index is -0.276. The van der Waals surface area contributed by atoms with Crippen molar-refractivity contribution in [3.8, 4) is 11.1 Å². The van der Waals surface area contributed by atoms with Crippen LogP contribution in [0.3, 0.4) is 0 Å². The molecule has 130 valence electrons. The first kappa shape index (κ1) is 16.1. The predicted octanol–water partition coefficient (Wildman–Crippen LogP) is 3.28. The third-order valence-electron chi connectivity index (χ3n) is 5.15. The summed E-state index contributed by atoms with van der Waals surface area (Å²) >= 11 is 0. The van der Waals surface area contributed by atoms with Crippen molar-refractivity contribution in [2.24, 2.45) is 0 Å². The van der Waals surface area contributed by atoms with Gasteiger partial charge in [0.25, 0.3) is 0 Å². The minimum absolute atomic E-state index is 0.276. The smallest absolute Gasteiger partial charge is 0.165 e. The Morgan fingerprint density at radius 1 is 1.08 bits per heavy atom.